The fourth-order valence-electron chi connectivity index (χ4n) is 5.02. The number of hydrogen-bond acceptors (Lipinski definition) is 3. The third kappa shape index (κ3) is 4.50. The summed E-state index contributed by atoms with van der Waals surface area (Å²) in [4.78, 5) is 29.1. The van der Waals surface area contributed by atoms with Gasteiger partial charge in [-0.1, -0.05) is 44.4 Å². The lowest BCUT2D eigenvalue weighted by atomic mass is 9.91. The van der Waals surface area contributed by atoms with E-state index in [1.807, 2.05) is 53.9 Å². The molecule has 1 aliphatic carbocycles. The van der Waals surface area contributed by atoms with Crippen molar-refractivity contribution >= 4 is 34.5 Å². The van der Waals surface area contributed by atoms with Crippen LogP contribution >= 0.6 is 11.8 Å². The molecule has 1 atom stereocenters. The van der Waals surface area contributed by atoms with Crippen LogP contribution in [-0.4, -0.2) is 50.9 Å². The van der Waals surface area contributed by atoms with Gasteiger partial charge in [0.25, 0.3) is 5.91 Å². The van der Waals surface area contributed by atoms with Crippen molar-refractivity contribution < 1.29 is 9.59 Å². The number of para-hydroxylation sites is 1. The molecule has 1 saturated carbocycles. The first-order valence-electron chi connectivity index (χ1n) is 11.8. The Kier molecular flexibility index (Phi) is 6.95. The van der Waals surface area contributed by atoms with Crippen LogP contribution in [0, 0.1) is 0 Å². The number of benzene rings is 1. The van der Waals surface area contributed by atoms with E-state index in [2.05, 4.69) is 16.8 Å². The van der Waals surface area contributed by atoms with E-state index < -0.39 is 5.54 Å². The predicted octanol–water partition coefficient (Wildman–Crippen LogP) is 4.84. The van der Waals surface area contributed by atoms with Gasteiger partial charge in [-0.3, -0.25) is 9.59 Å². The Morgan fingerprint density at radius 1 is 1.19 bits per heavy atom. The molecule has 31 heavy (non-hydrogen) atoms. The summed E-state index contributed by atoms with van der Waals surface area (Å²) in [6.07, 6.45) is 7.75. The number of carbonyl (C=O) groups excluding carboxylic acids is 2. The van der Waals surface area contributed by atoms with Gasteiger partial charge in [-0.25, -0.2) is 0 Å². The molecule has 2 aromatic rings. The van der Waals surface area contributed by atoms with Crippen LogP contribution in [0.5, 0.6) is 0 Å². The number of hydrogen-bond donors (Lipinski definition) is 1. The van der Waals surface area contributed by atoms with Crippen molar-refractivity contribution in [3.63, 3.8) is 0 Å². The zero-order chi connectivity index (χ0) is 21.8. The van der Waals surface area contributed by atoms with Gasteiger partial charge in [0.15, 0.2) is 0 Å². The highest BCUT2D eigenvalue weighted by Crippen LogP contribution is 2.33. The van der Waals surface area contributed by atoms with E-state index in [1.54, 1.807) is 0 Å². The van der Waals surface area contributed by atoms with E-state index in [9.17, 15) is 9.59 Å². The fourth-order valence-corrected chi connectivity index (χ4v) is 5.84. The number of amides is 2. The second-order valence-electron chi connectivity index (χ2n) is 9.18. The molecule has 1 N–H and O–H groups in total. The van der Waals surface area contributed by atoms with Crippen LogP contribution in [0.1, 0.15) is 69.3 Å². The van der Waals surface area contributed by atoms with Crippen LogP contribution in [0.3, 0.4) is 0 Å². The van der Waals surface area contributed by atoms with E-state index >= 15 is 0 Å². The summed E-state index contributed by atoms with van der Waals surface area (Å²) in [5, 5.41) is 4.37. The first-order chi connectivity index (χ1) is 15.0. The Hall–Kier alpha value is -1.95. The van der Waals surface area contributed by atoms with E-state index in [1.165, 1.54) is 19.3 Å². The Balaban J connectivity index is 1.61. The van der Waals surface area contributed by atoms with Gasteiger partial charge in [0.2, 0.25) is 5.91 Å². The quantitative estimate of drug-likeness (QED) is 0.597. The SMILES string of the molecule is CCCSCCCN1C(=O)c2cc3ccccc3n2C[C@]1(C)C(=O)NC1CCCCC1. The van der Waals surface area contributed by atoms with Crippen LogP contribution in [0.4, 0.5) is 0 Å². The number of nitrogens with one attached hydrogen (secondary N) is 1. The molecule has 4 rings (SSSR count). The minimum Gasteiger partial charge on any atom is -0.351 e. The molecular formula is C25H35N3O2S. The number of thioether (sulfide) groups is 1. The van der Waals surface area contributed by atoms with Gasteiger partial charge in [-0.15, -0.1) is 0 Å². The summed E-state index contributed by atoms with van der Waals surface area (Å²) < 4.78 is 2.06. The molecule has 1 fully saturated rings. The maximum atomic E-state index is 13.6. The van der Waals surface area contributed by atoms with Gasteiger partial charge >= 0.3 is 0 Å². The molecule has 1 aromatic carbocycles. The summed E-state index contributed by atoms with van der Waals surface area (Å²) in [5.74, 6) is 2.13. The van der Waals surface area contributed by atoms with E-state index in [0.717, 1.165) is 48.1 Å². The van der Waals surface area contributed by atoms with Gasteiger partial charge in [-0.05, 0) is 56.2 Å². The lowest BCUT2D eigenvalue weighted by molar-refractivity contribution is -0.133. The molecule has 2 aliphatic rings. The second kappa shape index (κ2) is 9.68. The van der Waals surface area contributed by atoms with E-state index in [4.69, 9.17) is 0 Å². The van der Waals surface area contributed by atoms with Crippen molar-refractivity contribution in [1.29, 1.82) is 0 Å². The molecule has 168 valence electrons. The second-order valence-corrected chi connectivity index (χ2v) is 10.4. The minimum absolute atomic E-state index is 0.00241. The summed E-state index contributed by atoms with van der Waals surface area (Å²) in [7, 11) is 0. The van der Waals surface area contributed by atoms with Gasteiger partial charge in [0.1, 0.15) is 11.2 Å². The zero-order valence-corrected chi connectivity index (χ0v) is 19.7. The Morgan fingerprint density at radius 2 is 1.97 bits per heavy atom. The molecule has 0 unspecified atom stereocenters. The molecule has 6 heteroatoms. The van der Waals surface area contributed by atoms with Crippen molar-refractivity contribution in [2.24, 2.45) is 0 Å². The predicted molar refractivity (Wildman–Crippen MR) is 129 cm³/mol. The van der Waals surface area contributed by atoms with Gasteiger partial charge in [-0.2, -0.15) is 11.8 Å². The third-order valence-corrected chi connectivity index (χ3v) is 8.06. The average Bonchev–Trinajstić information content (AvgIpc) is 3.15. The lowest BCUT2D eigenvalue weighted by Crippen LogP contribution is -2.65. The third-order valence-electron chi connectivity index (χ3n) is 6.78. The first-order valence-corrected chi connectivity index (χ1v) is 13.0. The monoisotopic (exact) mass is 441 g/mol. The van der Waals surface area contributed by atoms with Crippen LogP contribution in [0.2, 0.25) is 0 Å². The highest BCUT2D eigenvalue weighted by atomic mass is 32.2. The first kappa shape index (κ1) is 22.3. The van der Waals surface area contributed by atoms with Crippen LogP contribution < -0.4 is 5.32 Å². The van der Waals surface area contributed by atoms with Crippen LogP contribution in [-0.2, 0) is 11.3 Å². The smallest absolute Gasteiger partial charge is 0.271 e. The molecule has 0 saturated heterocycles. The van der Waals surface area contributed by atoms with Gasteiger partial charge in [0.05, 0.1) is 6.54 Å². The topological polar surface area (TPSA) is 54.3 Å². The zero-order valence-electron chi connectivity index (χ0n) is 18.9. The number of rotatable bonds is 8. The number of carbonyl (C=O) groups is 2. The van der Waals surface area contributed by atoms with Crippen molar-refractivity contribution in [3.05, 3.63) is 36.0 Å². The average molecular weight is 442 g/mol. The molecule has 0 radical (unpaired) electrons. The molecule has 2 amide bonds. The molecule has 0 bridgehead atoms. The normalized spacial score (nSPS) is 22.0. The molecule has 1 aromatic heterocycles. The summed E-state index contributed by atoms with van der Waals surface area (Å²) >= 11 is 1.93. The minimum atomic E-state index is -0.876. The maximum Gasteiger partial charge on any atom is 0.271 e. The maximum absolute atomic E-state index is 13.6. The van der Waals surface area contributed by atoms with Gasteiger partial charge in [0, 0.05) is 23.5 Å². The van der Waals surface area contributed by atoms with Crippen LogP contribution in [0.25, 0.3) is 10.9 Å². The van der Waals surface area contributed by atoms with Crippen LogP contribution in [0.15, 0.2) is 30.3 Å². The highest BCUT2D eigenvalue weighted by molar-refractivity contribution is 7.99. The summed E-state index contributed by atoms with van der Waals surface area (Å²) in [6, 6.07) is 10.3. The Labute approximate surface area is 189 Å². The molecule has 5 nitrogen and oxygen atoms in total. The molecule has 1 aliphatic heterocycles. The Morgan fingerprint density at radius 3 is 2.74 bits per heavy atom. The molecule has 0 spiro atoms. The standard InChI is InChI=1S/C25H35N3O2S/c1-3-15-31-16-9-14-28-23(29)22-17-19-10-7-8-13-21(19)27(22)18-25(28,2)24(30)26-20-11-5-4-6-12-20/h7-8,10,13,17,20H,3-6,9,11-12,14-16,18H2,1-2H3,(H,26,30)/t25-/m1/s1. The molecule has 2 heterocycles. The van der Waals surface area contributed by atoms with E-state index in [0.29, 0.717) is 18.8 Å². The highest BCUT2D eigenvalue weighted by Gasteiger charge is 2.47. The number of aromatic nitrogens is 1. The fraction of sp³-hybridized carbons (Fsp3) is 0.600. The number of fused-ring (bicyclic) bond motifs is 3. The summed E-state index contributed by atoms with van der Waals surface area (Å²) in [5.41, 5.74) is 0.852. The Bertz CT molecular complexity index is 934. The van der Waals surface area contributed by atoms with Gasteiger partial charge < -0.3 is 14.8 Å². The van der Waals surface area contributed by atoms with Crippen molar-refractivity contribution in [3.8, 4) is 0 Å². The van der Waals surface area contributed by atoms with Crippen molar-refractivity contribution in [2.75, 3.05) is 18.1 Å². The van der Waals surface area contributed by atoms with E-state index in [-0.39, 0.29) is 17.9 Å². The largest absolute Gasteiger partial charge is 0.351 e. The van der Waals surface area contributed by atoms with Crippen molar-refractivity contribution in [1.82, 2.24) is 14.8 Å². The summed E-state index contributed by atoms with van der Waals surface area (Å²) in [6.45, 7) is 5.26. The lowest BCUT2D eigenvalue weighted by Gasteiger charge is -2.45. The molecular weight excluding hydrogens is 406 g/mol. The number of nitrogens with zero attached hydrogens (tertiary/aromatic N) is 2. The van der Waals surface area contributed by atoms with Crippen molar-refractivity contribution in [2.45, 2.75) is 76.9 Å².